The summed E-state index contributed by atoms with van der Waals surface area (Å²) in [6, 6.07) is 37.2. The molecule has 13 nitrogen and oxygen atoms in total. The van der Waals surface area contributed by atoms with Crippen LogP contribution in [0.4, 0.5) is 17.1 Å². The predicted molar refractivity (Wildman–Crippen MR) is 247 cm³/mol. The summed E-state index contributed by atoms with van der Waals surface area (Å²) >= 11 is 0. The van der Waals surface area contributed by atoms with Crippen molar-refractivity contribution in [2.75, 3.05) is 17.2 Å². The molecule has 0 heterocycles. The molecule has 0 radical (unpaired) electrons. The number of carbonyl (C=O) groups is 6. The monoisotopic (exact) mass is 853 g/mol. The van der Waals surface area contributed by atoms with Crippen molar-refractivity contribution in [3.05, 3.63) is 194 Å². The van der Waals surface area contributed by atoms with Gasteiger partial charge < -0.3 is 28.7 Å². The number of hydrogen-bond acceptors (Lipinski definition) is 11. The number of ketones is 4. The SMILES string of the molecule is CCc1ccc(CC(=O)c2ccc(C(=O)Cc3ccc(CC(=O)c4ccc(C(C)=O)cc4)c(C#N)c3)cc2)c(C(N)=O)c1.Cc1ccc(N)cc1C#N.NC(=O)c1cc(N)ccc1N. The van der Waals surface area contributed by atoms with Gasteiger partial charge in [0.05, 0.1) is 28.8 Å². The zero-order chi connectivity index (χ0) is 47.1. The summed E-state index contributed by atoms with van der Waals surface area (Å²) in [5, 5.41) is 18.2. The molecule has 6 rings (SSSR count). The van der Waals surface area contributed by atoms with Crippen LogP contribution < -0.4 is 28.7 Å². The van der Waals surface area contributed by atoms with Crippen molar-refractivity contribution in [1.29, 1.82) is 10.5 Å². The van der Waals surface area contributed by atoms with E-state index in [9.17, 15) is 34.0 Å². The lowest BCUT2D eigenvalue weighted by atomic mass is 9.94. The van der Waals surface area contributed by atoms with Crippen LogP contribution in [0.15, 0.2) is 121 Å². The zero-order valence-electron chi connectivity index (χ0n) is 35.6. The Kier molecular flexibility index (Phi) is 16.7. The molecular weight excluding hydrogens is 807 g/mol. The highest BCUT2D eigenvalue weighted by atomic mass is 16.2. The number of nitrogens with two attached hydrogens (primary N) is 5. The van der Waals surface area contributed by atoms with Crippen LogP contribution in [0.25, 0.3) is 0 Å². The number of nitrogens with zero attached hydrogens (tertiary/aromatic N) is 2. The summed E-state index contributed by atoms with van der Waals surface area (Å²) in [4.78, 5) is 72.7. The lowest BCUT2D eigenvalue weighted by molar-refractivity contribution is 0.0977. The molecule has 6 aromatic rings. The van der Waals surface area contributed by atoms with E-state index in [2.05, 4.69) is 12.1 Å². The Morgan fingerprint density at radius 2 is 0.969 bits per heavy atom. The van der Waals surface area contributed by atoms with Crippen LogP contribution in [0.3, 0.4) is 0 Å². The molecule has 13 heteroatoms. The molecular formula is C51H47N7O6. The molecule has 64 heavy (non-hydrogen) atoms. The van der Waals surface area contributed by atoms with Crippen molar-refractivity contribution < 1.29 is 28.8 Å². The average molecular weight is 854 g/mol. The van der Waals surface area contributed by atoms with E-state index in [0.717, 1.165) is 17.5 Å². The third kappa shape index (κ3) is 13.2. The second-order valence-corrected chi connectivity index (χ2v) is 14.7. The fraction of sp³-hybridized carbons (Fsp3) is 0.137. The quantitative estimate of drug-likeness (QED) is 0.0577. The number of benzene rings is 6. The first-order chi connectivity index (χ1) is 30.4. The van der Waals surface area contributed by atoms with Crippen molar-refractivity contribution in [1.82, 2.24) is 0 Å². The topological polar surface area (TPSA) is 280 Å². The summed E-state index contributed by atoms with van der Waals surface area (Å²) in [6.45, 7) is 5.31. The first kappa shape index (κ1) is 48.0. The number of carbonyl (C=O) groups excluding carboxylic acids is 6. The summed E-state index contributed by atoms with van der Waals surface area (Å²) in [5.41, 5.74) is 35.3. The smallest absolute Gasteiger partial charge is 0.250 e. The minimum atomic E-state index is -0.585. The molecule has 0 saturated heterocycles. The second kappa shape index (κ2) is 22.2. The highest BCUT2D eigenvalue weighted by Crippen LogP contribution is 2.20. The fourth-order valence-corrected chi connectivity index (χ4v) is 6.34. The number of hydrogen-bond donors (Lipinski definition) is 5. The van der Waals surface area contributed by atoms with Crippen molar-refractivity contribution in [3.63, 3.8) is 0 Å². The molecule has 0 atom stereocenters. The van der Waals surface area contributed by atoms with Crippen molar-refractivity contribution >= 4 is 52.0 Å². The lowest BCUT2D eigenvalue weighted by Gasteiger charge is -2.09. The van der Waals surface area contributed by atoms with Gasteiger partial charge in [0, 0.05) is 64.1 Å². The molecule has 0 saturated carbocycles. The highest BCUT2D eigenvalue weighted by Gasteiger charge is 2.17. The number of amides is 2. The van der Waals surface area contributed by atoms with E-state index in [0.29, 0.717) is 72.7 Å². The number of Topliss-reactive ketones (excluding diaryl/α,β-unsaturated/α-hetero) is 4. The number of rotatable bonds is 13. The van der Waals surface area contributed by atoms with Crippen LogP contribution in [0.5, 0.6) is 0 Å². The molecule has 6 aromatic carbocycles. The molecule has 0 aliphatic carbocycles. The van der Waals surface area contributed by atoms with Crippen LogP contribution in [0.2, 0.25) is 0 Å². The van der Waals surface area contributed by atoms with Gasteiger partial charge in [-0.15, -0.1) is 0 Å². The van der Waals surface area contributed by atoms with Crippen LogP contribution in [-0.4, -0.2) is 34.9 Å². The molecule has 0 aromatic heterocycles. The molecule has 322 valence electrons. The summed E-state index contributed by atoms with van der Waals surface area (Å²) in [6.07, 6.45) is 0.791. The molecule has 10 N–H and O–H groups in total. The van der Waals surface area contributed by atoms with Crippen LogP contribution in [0.1, 0.15) is 115 Å². The van der Waals surface area contributed by atoms with E-state index in [4.69, 9.17) is 33.9 Å². The molecule has 0 unspecified atom stereocenters. The first-order valence-electron chi connectivity index (χ1n) is 19.9. The van der Waals surface area contributed by atoms with E-state index in [1.54, 1.807) is 103 Å². The van der Waals surface area contributed by atoms with Crippen LogP contribution >= 0.6 is 0 Å². The number of nitriles is 2. The standard InChI is InChI=1S/C36H30N2O5.C8H8N2.C7H9N3O/c1-3-23-4-7-30(32(17-23)36(38)43)20-35(42)28-14-12-26(13-15-28)33(40)18-24-5-6-29(31(16-24)21-37)19-34(41)27-10-8-25(9-11-27)22(2)39;1-6-2-3-8(10)4-7(6)5-9;8-4-1-2-6(9)5(3-4)7(10)11/h4-17H,3,18-20H2,1-2H3,(H2,38,43);2-4H,10H2,1H3;1-3H,8-9H2,(H2,10,11). The van der Waals surface area contributed by atoms with Gasteiger partial charge in [0.1, 0.15) is 0 Å². The first-order valence-corrected chi connectivity index (χ1v) is 19.9. The van der Waals surface area contributed by atoms with Crippen LogP contribution in [-0.2, 0) is 25.7 Å². The highest BCUT2D eigenvalue weighted by molar-refractivity contribution is 6.03. The lowest BCUT2D eigenvalue weighted by Crippen LogP contribution is -2.16. The van der Waals surface area contributed by atoms with E-state index in [1.165, 1.54) is 13.0 Å². The normalized spacial score (nSPS) is 10.1. The molecule has 0 aliphatic heterocycles. The third-order valence-corrected chi connectivity index (χ3v) is 10.1. The van der Waals surface area contributed by atoms with E-state index >= 15 is 0 Å². The maximum atomic E-state index is 13.0. The fourth-order valence-electron chi connectivity index (χ4n) is 6.34. The molecule has 0 spiro atoms. The van der Waals surface area contributed by atoms with Gasteiger partial charge >= 0.3 is 0 Å². The van der Waals surface area contributed by atoms with E-state index < -0.39 is 11.8 Å². The minimum Gasteiger partial charge on any atom is -0.399 e. The Balaban J connectivity index is 0.000000346. The Labute approximate surface area is 371 Å². The Hall–Kier alpha value is -8.68. The summed E-state index contributed by atoms with van der Waals surface area (Å²) < 4.78 is 0. The van der Waals surface area contributed by atoms with Crippen molar-refractivity contribution in [2.45, 2.75) is 46.5 Å². The second-order valence-electron chi connectivity index (χ2n) is 14.7. The van der Waals surface area contributed by atoms with Gasteiger partial charge in [-0.05, 0) is 90.6 Å². The van der Waals surface area contributed by atoms with Crippen molar-refractivity contribution in [2.24, 2.45) is 11.5 Å². The maximum Gasteiger partial charge on any atom is 0.250 e. The minimum absolute atomic E-state index is 0.00503. The molecule has 0 bridgehead atoms. The van der Waals surface area contributed by atoms with E-state index in [-0.39, 0.29) is 48.0 Å². The molecule has 2 amide bonds. The van der Waals surface area contributed by atoms with E-state index in [1.807, 2.05) is 26.0 Å². The number of aryl methyl sites for hydroxylation is 2. The van der Waals surface area contributed by atoms with Gasteiger partial charge in [0.2, 0.25) is 5.91 Å². The van der Waals surface area contributed by atoms with Gasteiger partial charge in [0.15, 0.2) is 23.1 Å². The number of nitrogen functional groups attached to an aromatic ring is 3. The van der Waals surface area contributed by atoms with Crippen molar-refractivity contribution in [3.8, 4) is 12.1 Å². The summed E-state index contributed by atoms with van der Waals surface area (Å²) in [7, 11) is 0. The summed E-state index contributed by atoms with van der Waals surface area (Å²) in [5.74, 6) is -1.82. The molecule has 0 fully saturated rings. The van der Waals surface area contributed by atoms with Gasteiger partial charge in [-0.2, -0.15) is 10.5 Å². The Bertz CT molecular complexity index is 2840. The average Bonchev–Trinajstić information content (AvgIpc) is 3.28. The largest absolute Gasteiger partial charge is 0.399 e. The zero-order valence-corrected chi connectivity index (χ0v) is 35.6. The molecule has 0 aliphatic rings. The Morgan fingerprint density at radius 3 is 1.45 bits per heavy atom. The van der Waals surface area contributed by atoms with Gasteiger partial charge in [0.25, 0.3) is 5.91 Å². The Morgan fingerprint density at radius 1 is 0.500 bits per heavy atom. The maximum absolute atomic E-state index is 13.0. The predicted octanol–water partition coefficient (Wildman–Crippen LogP) is 7.10. The van der Waals surface area contributed by atoms with Crippen LogP contribution in [0, 0.1) is 29.6 Å². The third-order valence-electron chi connectivity index (χ3n) is 10.1. The number of primary amides is 2. The van der Waals surface area contributed by atoms with Gasteiger partial charge in [-0.3, -0.25) is 28.8 Å². The number of anilines is 3. The van der Waals surface area contributed by atoms with Gasteiger partial charge in [-0.1, -0.05) is 85.8 Å². The van der Waals surface area contributed by atoms with Gasteiger partial charge in [-0.25, -0.2) is 0 Å².